The van der Waals surface area contributed by atoms with Gasteiger partial charge in [0.15, 0.2) is 5.82 Å². The van der Waals surface area contributed by atoms with Crippen molar-refractivity contribution in [2.24, 2.45) is 0 Å². The Bertz CT molecular complexity index is 765. The zero-order valence-electron chi connectivity index (χ0n) is 11.7. The maximum atomic E-state index is 12.8. The monoisotopic (exact) mass is 344 g/mol. The highest BCUT2D eigenvalue weighted by atomic mass is 32.1. The van der Waals surface area contributed by atoms with Crippen LogP contribution < -0.4 is 0 Å². The number of amides is 1. The van der Waals surface area contributed by atoms with Crippen LogP contribution >= 0.6 is 11.5 Å². The van der Waals surface area contributed by atoms with E-state index in [0.717, 1.165) is 28.9 Å². The average Bonchev–Trinajstić information content (AvgIpc) is 3.08. The number of halogens is 3. The van der Waals surface area contributed by atoms with E-state index in [-0.39, 0.29) is 37.3 Å². The van der Waals surface area contributed by atoms with Gasteiger partial charge in [-0.2, -0.15) is 13.2 Å². The molecule has 23 heavy (non-hydrogen) atoms. The molecule has 0 aromatic carbocycles. The molecule has 1 saturated carbocycles. The fourth-order valence-electron chi connectivity index (χ4n) is 2.65. The SMILES string of the molecule is O=C(c1snnc1C1CC1)N1CCn2c(nnc2C(F)(F)F)C1. The van der Waals surface area contributed by atoms with Crippen LogP contribution in [0.4, 0.5) is 13.2 Å². The molecule has 2 aromatic rings. The molecule has 0 atom stereocenters. The number of aromatic nitrogens is 5. The molecule has 2 aromatic heterocycles. The molecule has 0 radical (unpaired) electrons. The second-order valence-corrected chi connectivity index (χ2v) is 6.33. The Labute approximate surface area is 132 Å². The maximum absolute atomic E-state index is 12.8. The van der Waals surface area contributed by atoms with Crippen LogP contribution in [0.25, 0.3) is 0 Å². The molecule has 2 aliphatic rings. The molecule has 1 aliphatic heterocycles. The largest absolute Gasteiger partial charge is 0.451 e. The third-order valence-corrected chi connectivity index (χ3v) is 4.70. The Morgan fingerprint density at radius 3 is 2.65 bits per heavy atom. The minimum absolute atomic E-state index is 0.00389. The molecule has 1 amide bonds. The summed E-state index contributed by atoms with van der Waals surface area (Å²) >= 11 is 1.04. The fourth-order valence-corrected chi connectivity index (χ4v) is 3.37. The van der Waals surface area contributed by atoms with Gasteiger partial charge in [0.25, 0.3) is 5.91 Å². The summed E-state index contributed by atoms with van der Waals surface area (Å²) in [6, 6.07) is 0. The van der Waals surface area contributed by atoms with Gasteiger partial charge in [-0.05, 0) is 24.4 Å². The van der Waals surface area contributed by atoms with Crippen molar-refractivity contribution in [2.45, 2.75) is 38.0 Å². The second kappa shape index (κ2) is 4.98. The first-order valence-electron chi connectivity index (χ1n) is 7.06. The van der Waals surface area contributed by atoms with Crippen LogP contribution in [0, 0.1) is 0 Å². The second-order valence-electron chi connectivity index (χ2n) is 5.58. The lowest BCUT2D eigenvalue weighted by molar-refractivity contribution is -0.147. The van der Waals surface area contributed by atoms with E-state index in [1.54, 1.807) is 0 Å². The predicted molar refractivity (Wildman–Crippen MR) is 71.6 cm³/mol. The third-order valence-electron chi connectivity index (χ3n) is 3.97. The Morgan fingerprint density at radius 2 is 1.96 bits per heavy atom. The van der Waals surface area contributed by atoms with E-state index in [0.29, 0.717) is 10.6 Å². The zero-order chi connectivity index (χ0) is 16.2. The molecule has 0 saturated heterocycles. The number of carbonyl (C=O) groups is 1. The van der Waals surface area contributed by atoms with Crippen molar-refractivity contribution in [3.63, 3.8) is 0 Å². The highest BCUT2D eigenvalue weighted by Gasteiger charge is 2.40. The number of nitrogens with zero attached hydrogens (tertiary/aromatic N) is 6. The lowest BCUT2D eigenvalue weighted by Gasteiger charge is -2.27. The first-order chi connectivity index (χ1) is 10.9. The smallest absolute Gasteiger partial charge is 0.328 e. The summed E-state index contributed by atoms with van der Waals surface area (Å²) < 4.78 is 43.3. The van der Waals surface area contributed by atoms with E-state index in [4.69, 9.17) is 0 Å². The maximum Gasteiger partial charge on any atom is 0.451 e. The van der Waals surface area contributed by atoms with Gasteiger partial charge in [0.1, 0.15) is 4.88 Å². The summed E-state index contributed by atoms with van der Waals surface area (Å²) in [7, 11) is 0. The Balaban J connectivity index is 1.57. The quantitative estimate of drug-likeness (QED) is 0.828. The van der Waals surface area contributed by atoms with Crippen molar-refractivity contribution in [1.82, 2.24) is 29.3 Å². The van der Waals surface area contributed by atoms with Gasteiger partial charge in [0.05, 0.1) is 12.2 Å². The van der Waals surface area contributed by atoms with Crippen molar-refractivity contribution in [1.29, 1.82) is 0 Å². The molecular formula is C12H11F3N6OS. The number of rotatable bonds is 2. The molecule has 1 aliphatic carbocycles. The highest BCUT2D eigenvalue weighted by molar-refractivity contribution is 7.08. The molecule has 4 rings (SSSR count). The van der Waals surface area contributed by atoms with Gasteiger partial charge in [-0.25, -0.2) is 0 Å². The van der Waals surface area contributed by atoms with E-state index in [1.165, 1.54) is 4.90 Å². The Hall–Kier alpha value is -2.04. The first kappa shape index (κ1) is 14.5. The average molecular weight is 344 g/mol. The standard InChI is InChI=1S/C12H11F3N6OS/c13-12(14,15)11-18-16-7-5-20(3-4-21(7)11)10(22)9-8(6-1-2-6)17-19-23-9/h6H,1-5H2. The molecule has 0 spiro atoms. The van der Waals surface area contributed by atoms with E-state index in [9.17, 15) is 18.0 Å². The van der Waals surface area contributed by atoms with Gasteiger partial charge in [-0.15, -0.1) is 15.3 Å². The fraction of sp³-hybridized carbons (Fsp3) is 0.583. The minimum atomic E-state index is -4.54. The van der Waals surface area contributed by atoms with E-state index in [1.807, 2.05) is 0 Å². The first-order valence-corrected chi connectivity index (χ1v) is 7.83. The molecule has 11 heteroatoms. The van der Waals surface area contributed by atoms with Crippen LogP contribution in [0.2, 0.25) is 0 Å². The zero-order valence-corrected chi connectivity index (χ0v) is 12.6. The van der Waals surface area contributed by atoms with Crippen LogP contribution in [-0.4, -0.2) is 41.7 Å². The molecule has 0 N–H and O–H groups in total. The van der Waals surface area contributed by atoms with Gasteiger partial charge in [-0.1, -0.05) is 4.49 Å². The van der Waals surface area contributed by atoms with Gasteiger partial charge in [0, 0.05) is 19.0 Å². The normalized spacial score (nSPS) is 18.1. The molecular weight excluding hydrogens is 333 g/mol. The van der Waals surface area contributed by atoms with Gasteiger partial charge in [-0.3, -0.25) is 4.79 Å². The molecule has 122 valence electrons. The van der Waals surface area contributed by atoms with Crippen LogP contribution in [0.1, 0.15) is 45.8 Å². The number of fused-ring (bicyclic) bond motifs is 1. The van der Waals surface area contributed by atoms with Crippen molar-refractivity contribution in [2.75, 3.05) is 6.54 Å². The molecule has 1 fully saturated rings. The lowest BCUT2D eigenvalue weighted by Crippen LogP contribution is -2.39. The number of hydrogen-bond donors (Lipinski definition) is 0. The summed E-state index contributed by atoms with van der Waals surface area (Å²) in [6.45, 7) is 0.201. The number of carbonyl (C=O) groups excluding carboxylic acids is 1. The van der Waals surface area contributed by atoms with Gasteiger partial charge >= 0.3 is 6.18 Å². The molecule has 0 unspecified atom stereocenters. The van der Waals surface area contributed by atoms with Gasteiger partial charge < -0.3 is 9.47 Å². The van der Waals surface area contributed by atoms with Gasteiger partial charge in [0.2, 0.25) is 5.82 Å². The summed E-state index contributed by atoms with van der Waals surface area (Å²) in [6.07, 6.45) is -2.55. The van der Waals surface area contributed by atoms with E-state index >= 15 is 0 Å². The Morgan fingerprint density at radius 1 is 1.17 bits per heavy atom. The van der Waals surface area contributed by atoms with Crippen LogP contribution in [-0.2, 0) is 19.3 Å². The summed E-state index contributed by atoms with van der Waals surface area (Å²) in [5.41, 5.74) is 0.711. The Kier molecular flexibility index (Phi) is 3.15. The molecule has 0 bridgehead atoms. The summed E-state index contributed by atoms with van der Waals surface area (Å²) in [5.74, 6) is -0.831. The van der Waals surface area contributed by atoms with Crippen molar-refractivity contribution < 1.29 is 18.0 Å². The topological polar surface area (TPSA) is 76.8 Å². The van der Waals surface area contributed by atoms with Crippen molar-refractivity contribution in [3.05, 3.63) is 22.2 Å². The highest BCUT2D eigenvalue weighted by Crippen LogP contribution is 2.41. The predicted octanol–water partition coefficient (Wildman–Crippen LogP) is 1.68. The van der Waals surface area contributed by atoms with E-state index < -0.39 is 12.0 Å². The van der Waals surface area contributed by atoms with Crippen LogP contribution in [0.15, 0.2) is 0 Å². The van der Waals surface area contributed by atoms with Crippen molar-refractivity contribution in [3.8, 4) is 0 Å². The van der Waals surface area contributed by atoms with Crippen LogP contribution in [0.3, 0.4) is 0 Å². The summed E-state index contributed by atoms with van der Waals surface area (Å²) in [4.78, 5) is 14.6. The number of hydrogen-bond acceptors (Lipinski definition) is 6. The molecule has 7 nitrogen and oxygen atoms in total. The minimum Gasteiger partial charge on any atom is -0.328 e. The molecule has 3 heterocycles. The number of alkyl halides is 3. The van der Waals surface area contributed by atoms with Crippen molar-refractivity contribution >= 4 is 17.4 Å². The van der Waals surface area contributed by atoms with E-state index in [2.05, 4.69) is 19.8 Å². The van der Waals surface area contributed by atoms with Crippen LogP contribution in [0.5, 0.6) is 0 Å². The third kappa shape index (κ3) is 2.48. The lowest BCUT2D eigenvalue weighted by atomic mass is 10.2. The summed E-state index contributed by atoms with van der Waals surface area (Å²) in [5, 5.41) is 10.8.